The molecule has 0 spiro atoms. The van der Waals surface area contributed by atoms with E-state index >= 15 is 0 Å². The van der Waals surface area contributed by atoms with Gasteiger partial charge < -0.3 is 0 Å². The second-order valence-corrected chi connectivity index (χ2v) is 11.8. The number of amides is 1. The van der Waals surface area contributed by atoms with Crippen LogP contribution in [0.5, 0.6) is 0 Å². The molecule has 0 saturated heterocycles. The van der Waals surface area contributed by atoms with Gasteiger partial charge in [0, 0.05) is 5.75 Å². The first-order valence-corrected chi connectivity index (χ1v) is 13.8. The van der Waals surface area contributed by atoms with Crippen molar-refractivity contribution in [3.05, 3.63) is 58.6 Å². The van der Waals surface area contributed by atoms with E-state index in [0.717, 1.165) is 41.2 Å². The summed E-state index contributed by atoms with van der Waals surface area (Å²) in [5.41, 5.74) is -0.802. The van der Waals surface area contributed by atoms with Crippen LogP contribution in [-0.4, -0.2) is 36.8 Å². The summed E-state index contributed by atoms with van der Waals surface area (Å²) in [7, 11) is -4.41. The summed E-state index contributed by atoms with van der Waals surface area (Å²) >= 11 is 8.27. The van der Waals surface area contributed by atoms with E-state index < -0.39 is 39.2 Å². The van der Waals surface area contributed by atoms with Crippen molar-refractivity contribution in [3.63, 3.8) is 0 Å². The molecular weight excluding hydrogens is 545 g/mol. The maximum absolute atomic E-state index is 13.4. The van der Waals surface area contributed by atoms with Crippen LogP contribution >= 0.6 is 34.7 Å². The fraction of sp³-hybridized carbons (Fsp3) is 0.286. The van der Waals surface area contributed by atoms with Gasteiger partial charge in [-0.3, -0.25) is 14.4 Å². The van der Waals surface area contributed by atoms with Crippen LogP contribution in [0.1, 0.15) is 24.5 Å². The molecular formula is C21H20ClF3N4O3S3. The third kappa shape index (κ3) is 6.87. The Morgan fingerprint density at radius 1 is 1.17 bits per heavy atom. The Labute approximate surface area is 213 Å². The fourth-order valence-electron chi connectivity index (χ4n) is 2.84. The number of carbonyl (C=O) groups excluding carboxylic acids is 1. The molecule has 1 N–H and O–H groups in total. The number of aryl methyl sites for hydroxylation is 1. The van der Waals surface area contributed by atoms with Crippen molar-refractivity contribution >= 4 is 61.4 Å². The second-order valence-electron chi connectivity index (χ2n) is 7.26. The summed E-state index contributed by atoms with van der Waals surface area (Å²) in [5.74, 6) is 0.0101. The van der Waals surface area contributed by atoms with Gasteiger partial charge in [0.25, 0.3) is 10.0 Å². The number of rotatable bonds is 9. The van der Waals surface area contributed by atoms with Gasteiger partial charge in [-0.25, -0.2) is 8.42 Å². The first kappa shape index (κ1) is 27.2. The van der Waals surface area contributed by atoms with Gasteiger partial charge >= 0.3 is 6.18 Å². The topological polar surface area (TPSA) is 92.3 Å². The average molecular weight is 565 g/mol. The zero-order valence-electron chi connectivity index (χ0n) is 18.5. The third-order valence-electron chi connectivity index (χ3n) is 4.52. The SMILES string of the molecule is CCCSc1nnc(NC(=O)CN(c2ccc(Cl)c(C(F)(F)F)c2)S(=O)(=O)c2ccc(C)cc2)s1. The van der Waals surface area contributed by atoms with Crippen molar-refractivity contribution in [3.8, 4) is 0 Å². The zero-order chi connectivity index (χ0) is 25.8. The lowest BCUT2D eigenvalue weighted by atomic mass is 10.2. The Balaban J connectivity index is 1.96. The first-order chi connectivity index (χ1) is 16.4. The van der Waals surface area contributed by atoms with Crippen LogP contribution in [0, 0.1) is 6.92 Å². The minimum Gasteiger partial charge on any atom is -0.299 e. The quantitative estimate of drug-likeness (QED) is 0.259. The zero-order valence-corrected chi connectivity index (χ0v) is 21.7. The number of alkyl halides is 3. The highest BCUT2D eigenvalue weighted by atomic mass is 35.5. The number of hydrogen-bond donors (Lipinski definition) is 1. The van der Waals surface area contributed by atoms with Crippen LogP contribution in [0.15, 0.2) is 51.7 Å². The molecule has 1 amide bonds. The van der Waals surface area contributed by atoms with Gasteiger partial charge in [0.2, 0.25) is 11.0 Å². The molecule has 188 valence electrons. The average Bonchev–Trinajstić information content (AvgIpc) is 3.23. The van der Waals surface area contributed by atoms with Crippen LogP contribution in [0.25, 0.3) is 0 Å². The highest BCUT2D eigenvalue weighted by Gasteiger charge is 2.35. The van der Waals surface area contributed by atoms with Crippen LogP contribution in [-0.2, 0) is 21.0 Å². The van der Waals surface area contributed by atoms with E-state index in [1.165, 1.54) is 23.9 Å². The van der Waals surface area contributed by atoms with Crippen molar-refractivity contribution in [2.75, 3.05) is 21.9 Å². The smallest absolute Gasteiger partial charge is 0.299 e. The van der Waals surface area contributed by atoms with E-state index in [-0.39, 0.29) is 15.7 Å². The van der Waals surface area contributed by atoms with Crippen LogP contribution < -0.4 is 9.62 Å². The third-order valence-corrected chi connectivity index (χ3v) is 8.82. The van der Waals surface area contributed by atoms with Gasteiger partial charge in [-0.05, 0) is 43.7 Å². The molecule has 0 atom stereocenters. The molecule has 3 rings (SSSR count). The number of anilines is 2. The molecule has 1 aromatic heterocycles. The van der Waals surface area contributed by atoms with Crippen LogP contribution in [0.3, 0.4) is 0 Å². The molecule has 35 heavy (non-hydrogen) atoms. The molecule has 0 unspecified atom stereocenters. The number of carbonyl (C=O) groups is 1. The maximum Gasteiger partial charge on any atom is 0.417 e. The number of hydrogen-bond acceptors (Lipinski definition) is 7. The highest BCUT2D eigenvalue weighted by Crippen LogP contribution is 2.38. The summed E-state index contributed by atoms with van der Waals surface area (Å²) in [6.45, 7) is 2.96. The van der Waals surface area contributed by atoms with E-state index in [9.17, 15) is 26.4 Å². The largest absolute Gasteiger partial charge is 0.417 e. The maximum atomic E-state index is 13.4. The minimum absolute atomic E-state index is 0.147. The van der Waals surface area contributed by atoms with Gasteiger partial charge in [0.1, 0.15) is 6.54 Å². The molecule has 0 fully saturated rings. The van der Waals surface area contributed by atoms with E-state index in [2.05, 4.69) is 15.5 Å². The monoisotopic (exact) mass is 564 g/mol. The number of nitrogens with zero attached hydrogens (tertiary/aromatic N) is 3. The Hall–Kier alpha value is -2.35. The Bertz CT molecular complexity index is 1300. The summed E-state index contributed by atoms with van der Waals surface area (Å²) < 4.78 is 68.4. The molecule has 0 radical (unpaired) electrons. The molecule has 0 saturated carbocycles. The lowest BCUT2D eigenvalue weighted by Gasteiger charge is -2.25. The van der Waals surface area contributed by atoms with Gasteiger partial charge in [-0.1, -0.05) is 59.3 Å². The predicted octanol–water partition coefficient (Wildman–Crippen LogP) is 5.85. The van der Waals surface area contributed by atoms with Crippen molar-refractivity contribution in [2.45, 2.75) is 35.7 Å². The van der Waals surface area contributed by atoms with E-state index in [1.807, 2.05) is 6.92 Å². The second kappa shape index (κ2) is 11.1. The first-order valence-electron chi connectivity index (χ1n) is 10.1. The number of halogens is 4. The molecule has 0 aliphatic carbocycles. The van der Waals surface area contributed by atoms with Gasteiger partial charge in [-0.2, -0.15) is 13.2 Å². The summed E-state index contributed by atoms with van der Waals surface area (Å²) in [6.07, 6.45) is -3.91. The number of nitrogens with one attached hydrogen (secondary N) is 1. The Morgan fingerprint density at radius 3 is 2.49 bits per heavy atom. The summed E-state index contributed by atoms with van der Waals surface area (Å²) in [5, 5.41) is 9.82. The normalized spacial score (nSPS) is 11.9. The Kier molecular flexibility index (Phi) is 8.67. The van der Waals surface area contributed by atoms with Crippen LogP contribution in [0.4, 0.5) is 24.0 Å². The van der Waals surface area contributed by atoms with Crippen LogP contribution in [0.2, 0.25) is 5.02 Å². The number of sulfonamides is 1. The fourth-order valence-corrected chi connectivity index (χ4v) is 6.17. The van der Waals surface area contributed by atoms with E-state index in [0.29, 0.717) is 14.7 Å². The lowest BCUT2D eigenvalue weighted by Crippen LogP contribution is -2.38. The molecule has 0 aliphatic heterocycles. The molecule has 14 heteroatoms. The number of aromatic nitrogens is 2. The van der Waals surface area contributed by atoms with Crippen molar-refractivity contribution in [2.24, 2.45) is 0 Å². The van der Waals surface area contributed by atoms with Crippen molar-refractivity contribution < 1.29 is 26.4 Å². The predicted molar refractivity (Wildman–Crippen MR) is 132 cm³/mol. The minimum atomic E-state index is -4.83. The summed E-state index contributed by atoms with van der Waals surface area (Å²) in [6, 6.07) is 8.39. The highest BCUT2D eigenvalue weighted by molar-refractivity contribution is 8.01. The molecule has 7 nitrogen and oxygen atoms in total. The van der Waals surface area contributed by atoms with E-state index in [1.54, 1.807) is 19.1 Å². The molecule has 0 bridgehead atoms. The lowest BCUT2D eigenvalue weighted by molar-refractivity contribution is -0.137. The standard InChI is InChI=1S/C21H20ClF3N4O3S3/c1-3-10-33-20-28-27-19(34-20)26-18(30)12-29(35(31,32)15-7-4-13(2)5-8-15)14-6-9-17(22)16(11-14)21(23,24)25/h4-9,11H,3,10,12H2,1-2H3,(H,26,27,30). The van der Waals surface area contributed by atoms with Crippen molar-refractivity contribution in [1.82, 2.24) is 10.2 Å². The van der Waals surface area contributed by atoms with E-state index in [4.69, 9.17) is 11.6 Å². The molecule has 2 aromatic carbocycles. The van der Waals surface area contributed by atoms with Crippen molar-refractivity contribution in [1.29, 1.82) is 0 Å². The number of benzene rings is 2. The molecule has 1 heterocycles. The number of thioether (sulfide) groups is 1. The molecule has 3 aromatic rings. The Morgan fingerprint density at radius 2 is 1.86 bits per heavy atom. The van der Waals surface area contributed by atoms with Gasteiger partial charge in [0.05, 0.1) is 21.2 Å². The summed E-state index contributed by atoms with van der Waals surface area (Å²) in [4.78, 5) is 12.6. The molecule has 0 aliphatic rings. The van der Waals surface area contributed by atoms with Gasteiger partial charge in [0.15, 0.2) is 4.34 Å². The van der Waals surface area contributed by atoms with Gasteiger partial charge in [-0.15, -0.1) is 10.2 Å².